The summed E-state index contributed by atoms with van der Waals surface area (Å²) in [5.74, 6) is 0.794. The molecule has 152 valence electrons. The van der Waals surface area contributed by atoms with Crippen molar-refractivity contribution in [3.8, 4) is 5.75 Å². The van der Waals surface area contributed by atoms with E-state index in [1.54, 1.807) is 35.2 Å². The van der Waals surface area contributed by atoms with Crippen LogP contribution in [0.5, 0.6) is 5.75 Å². The van der Waals surface area contributed by atoms with Gasteiger partial charge in [0.1, 0.15) is 11.8 Å². The van der Waals surface area contributed by atoms with Crippen molar-refractivity contribution in [2.75, 3.05) is 23.9 Å². The Bertz CT molecular complexity index is 976. The molecule has 1 atom stereocenters. The molecule has 0 aliphatic rings. The molecule has 0 saturated heterocycles. The maximum absolute atomic E-state index is 12.8. The minimum atomic E-state index is -0.631. The van der Waals surface area contributed by atoms with Crippen molar-refractivity contribution >= 4 is 50.8 Å². The van der Waals surface area contributed by atoms with E-state index in [1.165, 1.54) is 0 Å². The highest BCUT2D eigenvalue weighted by molar-refractivity contribution is 7.98. The number of aromatic nitrogens is 1. The molecule has 0 spiro atoms. The van der Waals surface area contributed by atoms with E-state index in [9.17, 15) is 9.59 Å². The summed E-state index contributed by atoms with van der Waals surface area (Å²) in [6, 6.07) is 14.1. The first-order valence-electron chi connectivity index (χ1n) is 9.19. The molecule has 0 aliphatic carbocycles. The van der Waals surface area contributed by atoms with Gasteiger partial charge in [-0.3, -0.25) is 9.59 Å². The molecular weight excluding hydrogens is 406 g/mol. The number of para-hydroxylation sites is 1. The van der Waals surface area contributed by atoms with E-state index in [0.717, 1.165) is 21.0 Å². The van der Waals surface area contributed by atoms with Crippen molar-refractivity contribution in [2.45, 2.75) is 19.4 Å². The first-order chi connectivity index (χ1) is 14.0. The second-order valence-corrected chi connectivity index (χ2v) is 8.63. The zero-order valence-corrected chi connectivity index (χ0v) is 17.9. The van der Waals surface area contributed by atoms with Gasteiger partial charge in [-0.25, -0.2) is 4.98 Å². The number of thioether (sulfide) groups is 1. The Morgan fingerprint density at radius 1 is 1.21 bits per heavy atom. The monoisotopic (exact) mass is 429 g/mol. The van der Waals surface area contributed by atoms with E-state index in [2.05, 4.69) is 15.6 Å². The van der Waals surface area contributed by atoms with Gasteiger partial charge in [0.15, 0.2) is 6.61 Å². The van der Waals surface area contributed by atoms with Gasteiger partial charge in [0.05, 0.1) is 15.2 Å². The van der Waals surface area contributed by atoms with Gasteiger partial charge < -0.3 is 15.4 Å². The van der Waals surface area contributed by atoms with Crippen molar-refractivity contribution in [2.24, 2.45) is 0 Å². The molecule has 0 aliphatic heterocycles. The third-order valence-electron chi connectivity index (χ3n) is 4.14. The zero-order chi connectivity index (χ0) is 20.6. The minimum absolute atomic E-state index is 0.140. The van der Waals surface area contributed by atoms with Crippen molar-refractivity contribution in [3.05, 3.63) is 53.5 Å². The Hall–Kier alpha value is -2.58. The van der Waals surface area contributed by atoms with Gasteiger partial charge in [0.2, 0.25) is 5.91 Å². The summed E-state index contributed by atoms with van der Waals surface area (Å²) in [7, 11) is 0. The second-order valence-electron chi connectivity index (χ2n) is 6.41. The average Bonchev–Trinajstić information content (AvgIpc) is 3.09. The lowest BCUT2D eigenvalue weighted by Crippen LogP contribution is -2.45. The average molecular weight is 430 g/mol. The highest BCUT2D eigenvalue weighted by Gasteiger charge is 2.21. The van der Waals surface area contributed by atoms with Gasteiger partial charge in [-0.15, -0.1) is 11.3 Å². The van der Waals surface area contributed by atoms with Gasteiger partial charge in [0.25, 0.3) is 5.91 Å². The van der Waals surface area contributed by atoms with E-state index < -0.39 is 6.04 Å². The van der Waals surface area contributed by atoms with E-state index >= 15 is 0 Å². The summed E-state index contributed by atoms with van der Waals surface area (Å²) in [6.07, 6.45) is 2.50. The van der Waals surface area contributed by atoms with Crippen LogP contribution >= 0.6 is 23.1 Å². The van der Waals surface area contributed by atoms with E-state index in [1.807, 2.05) is 49.6 Å². The van der Waals surface area contributed by atoms with E-state index in [0.29, 0.717) is 17.9 Å². The quantitative estimate of drug-likeness (QED) is 0.540. The fraction of sp³-hybridized carbons (Fsp3) is 0.286. The Balaban J connectivity index is 1.61. The Labute approximate surface area is 178 Å². The Morgan fingerprint density at radius 2 is 2.00 bits per heavy atom. The molecule has 2 amide bonds. The minimum Gasteiger partial charge on any atom is -0.484 e. The van der Waals surface area contributed by atoms with Gasteiger partial charge in [-0.2, -0.15) is 11.8 Å². The number of aryl methyl sites for hydroxylation is 1. The van der Waals surface area contributed by atoms with Gasteiger partial charge in [-0.05, 0) is 55.7 Å². The number of anilines is 1. The standard InChI is InChI=1S/C21H23N3O3S2/c1-14-22-17-9-8-15(12-19(17)29-14)23-21(26)18(10-11-28-2)24-20(25)13-27-16-6-4-3-5-7-16/h3-9,12,18H,10-11,13H2,1-2H3,(H,23,26)(H,24,25). The summed E-state index contributed by atoms with van der Waals surface area (Å²) in [4.78, 5) is 29.5. The molecule has 3 aromatic rings. The number of benzene rings is 2. The number of thiazole rings is 1. The van der Waals surface area contributed by atoms with Crippen LogP contribution in [0.2, 0.25) is 0 Å². The number of carbonyl (C=O) groups excluding carboxylic acids is 2. The lowest BCUT2D eigenvalue weighted by atomic mass is 10.2. The van der Waals surface area contributed by atoms with E-state index in [-0.39, 0.29) is 18.4 Å². The molecule has 2 aromatic carbocycles. The molecule has 0 saturated carbocycles. The van der Waals surface area contributed by atoms with Crippen molar-refractivity contribution < 1.29 is 14.3 Å². The Morgan fingerprint density at radius 3 is 2.76 bits per heavy atom. The van der Waals surface area contributed by atoms with Crippen molar-refractivity contribution in [3.63, 3.8) is 0 Å². The van der Waals surface area contributed by atoms with Crippen LogP contribution in [-0.2, 0) is 9.59 Å². The number of carbonyl (C=O) groups is 2. The fourth-order valence-corrected chi connectivity index (χ4v) is 4.09. The summed E-state index contributed by atoms with van der Waals surface area (Å²) < 4.78 is 6.48. The van der Waals surface area contributed by atoms with Gasteiger partial charge >= 0.3 is 0 Å². The maximum atomic E-state index is 12.8. The second kappa shape index (κ2) is 10.3. The smallest absolute Gasteiger partial charge is 0.258 e. The summed E-state index contributed by atoms with van der Waals surface area (Å²) >= 11 is 3.21. The van der Waals surface area contributed by atoms with Crippen LogP contribution in [0.3, 0.4) is 0 Å². The Kier molecular flexibility index (Phi) is 7.48. The molecule has 6 nitrogen and oxygen atoms in total. The molecule has 1 unspecified atom stereocenters. The highest BCUT2D eigenvalue weighted by Crippen LogP contribution is 2.25. The maximum Gasteiger partial charge on any atom is 0.258 e. The van der Waals surface area contributed by atoms with Crippen LogP contribution in [0, 0.1) is 6.92 Å². The van der Waals surface area contributed by atoms with Crippen LogP contribution < -0.4 is 15.4 Å². The number of hydrogen-bond donors (Lipinski definition) is 2. The number of hydrogen-bond acceptors (Lipinski definition) is 6. The molecule has 8 heteroatoms. The molecule has 0 radical (unpaired) electrons. The van der Waals surface area contributed by atoms with Crippen molar-refractivity contribution in [1.82, 2.24) is 10.3 Å². The third-order valence-corrected chi connectivity index (χ3v) is 5.72. The predicted octanol–water partition coefficient (Wildman–Crippen LogP) is 3.86. The number of fused-ring (bicyclic) bond motifs is 1. The van der Waals surface area contributed by atoms with Crippen LogP contribution in [0.15, 0.2) is 48.5 Å². The van der Waals surface area contributed by atoms with E-state index in [4.69, 9.17) is 4.74 Å². The zero-order valence-electron chi connectivity index (χ0n) is 16.3. The molecular formula is C21H23N3O3S2. The largest absolute Gasteiger partial charge is 0.484 e. The molecule has 3 rings (SSSR count). The number of amides is 2. The molecule has 0 bridgehead atoms. The van der Waals surface area contributed by atoms with Gasteiger partial charge in [-0.1, -0.05) is 18.2 Å². The first-order valence-corrected chi connectivity index (χ1v) is 11.4. The molecule has 0 fully saturated rings. The predicted molar refractivity (Wildman–Crippen MR) is 120 cm³/mol. The molecule has 29 heavy (non-hydrogen) atoms. The summed E-state index contributed by atoms with van der Waals surface area (Å²) in [5, 5.41) is 6.67. The number of nitrogens with zero attached hydrogens (tertiary/aromatic N) is 1. The van der Waals surface area contributed by atoms with Crippen LogP contribution in [-0.4, -0.2) is 41.5 Å². The number of nitrogens with one attached hydrogen (secondary N) is 2. The van der Waals surface area contributed by atoms with Crippen LogP contribution in [0.4, 0.5) is 5.69 Å². The summed E-state index contributed by atoms with van der Waals surface area (Å²) in [5.41, 5.74) is 1.60. The SMILES string of the molecule is CSCCC(NC(=O)COc1ccccc1)C(=O)Nc1ccc2nc(C)sc2c1. The molecule has 2 N–H and O–H groups in total. The normalized spacial score (nSPS) is 11.8. The first kappa shape index (κ1) is 21.1. The lowest BCUT2D eigenvalue weighted by Gasteiger charge is -2.18. The molecule has 1 heterocycles. The topological polar surface area (TPSA) is 80.3 Å². The van der Waals surface area contributed by atoms with Crippen LogP contribution in [0.25, 0.3) is 10.2 Å². The highest BCUT2D eigenvalue weighted by atomic mass is 32.2. The molecule has 1 aromatic heterocycles. The number of rotatable bonds is 9. The van der Waals surface area contributed by atoms with Crippen LogP contribution in [0.1, 0.15) is 11.4 Å². The lowest BCUT2D eigenvalue weighted by molar-refractivity contribution is -0.127. The fourth-order valence-electron chi connectivity index (χ4n) is 2.75. The van der Waals surface area contributed by atoms with Gasteiger partial charge in [0, 0.05) is 5.69 Å². The third kappa shape index (κ3) is 6.20. The summed E-state index contributed by atoms with van der Waals surface area (Å²) in [6.45, 7) is 1.81. The number of ether oxygens (including phenoxy) is 1. The van der Waals surface area contributed by atoms with Crippen molar-refractivity contribution in [1.29, 1.82) is 0 Å².